The Morgan fingerprint density at radius 2 is 2.00 bits per heavy atom. The number of aromatic nitrogens is 2. The molecule has 0 atom stereocenters. The third-order valence-corrected chi connectivity index (χ3v) is 5.11. The first-order valence-corrected chi connectivity index (χ1v) is 8.18. The van der Waals surface area contributed by atoms with Crippen LogP contribution in [0.15, 0.2) is 12.4 Å². The molecule has 0 unspecified atom stereocenters. The summed E-state index contributed by atoms with van der Waals surface area (Å²) in [6.45, 7) is 2.19. The predicted molar refractivity (Wildman–Crippen MR) is 81.9 cm³/mol. The lowest BCUT2D eigenvalue weighted by Gasteiger charge is -2.17. The van der Waals surface area contributed by atoms with Crippen molar-refractivity contribution in [2.75, 3.05) is 5.32 Å². The third-order valence-electron chi connectivity index (χ3n) is 3.92. The van der Waals surface area contributed by atoms with Crippen LogP contribution in [0.5, 0.6) is 0 Å². The van der Waals surface area contributed by atoms with Gasteiger partial charge in [-0.05, 0) is 25.3 Å². The average Bonchev–Trinajstić information content (AvgIpc) is 2.70. The van der Waals surface area contributed by atoms with Crippen molar-refractivity contribution in [2.24, 2.45) is 0 Å². The summed E-state index contributed by atoms with van der Waals surface area (Å²) in [6, 6.07) is 2.84. The van der Waals surface area contributed by atoms with Crippen LogP contribution in [0.25, 0.3) is 10.2 Å². The second-order valence-electron chi connectivity index (χ2n) is 5.34. The van der Waals surface area contributed by atoms with Crippen LogP contribution in [0.3, 0.4) is 0 Å². The quantitative estimate of drug-likeness (QED) is 0.844. The van der Waals surface area contributed by atoms with Crippen molar-refractivity contribution in [1.82, 2.24) is 9.97 Å². The molecule has 0 bridgehead atoms. The van der Waals surface area contributed by atoms with Crippen molar-refractivity contribution in [2.45, 2.75) is 57.9 Å². The zero-order chi connectivity index (χ0) is 13.1. The average molecular weight is 275 g/mol. The van der Waals surface area contributed by atoms with E-state index in [9.17, 15) is 0 Å². The van der Waals surface area contributed by atoms with E-state index in [0.29, 0.717) is 6.04 Å². The van der Waals surface area contributed by atoms with E-state index in [0.717, 1.165) is 17.1 Å². The summed E-state index contributed by atoms with van der Waals surface area (Å²) in [5.41, 5.74) is 0. The van der Waals surface area contributed by atoms with E-state index in [2.05, 4.69) is 28.3 Å². The molecule has 0 aliphatic heterocycles. The van der Waals surface area contributed by atoms with Crippen molar-refractivity contribution in [3.63, 3.8) is 0 Å². The largest absolute Gasteiger partial charge is 0.367 e. The minimum Gasteiger partial charge on any atom is -0.367 e. The fraction of sp³-hybridized carbons (Fsp3) is 0.600. The van der Waals surface area contributed by atoms with E-state index in [1.54, 1.807) is 17.7 Å². The van der Waals surface area contributed by atoms with Gasteiger partial charge in [-0.3, -0.25) is 0 Å². The van der Waals surface area contributed by atoms with Gasteiger partial charge in [0.05, 0.1) is 5.39 Å². The third kappa shape index (κ3) is 2.89. The van der Waals surface area contributed by atoms with E-state index in [1.807, 2.05) is 0 Å². The van der Waals surface area contributed by atoms with Gasteiger partial charge in [0.1, 0.15) is 17.0 Å². The topological polar surface area (TPSA) is 37.8 Å². The molecule has 3 rings (SSSR count). The zero-order valence-electron chi connectivity index (χ0n) is 11.5. The number of nitrogens with zero attached hydrogens (tertiary/aromatic N) is 2. The van der Waals surface area contributed by atoms with Gasteiger partial charge in [-0.1, -0.05) is 32.6 Å². The maximum absolute atomic E-state index is 4.46. The lowest BCUT2D eigenvalue weighted by Crippen LogP contribution is -2.19. The highest BCUT2D eigenvalue weighted by atomic mass is 32.1. The second kappa shape index (κ2) is 5.87. The van der Waals surface area contributed by atoms with Crippen LogP contribution in [0.1, 0.15) is 50.3 Å². The molecule has 0 aromatic carbocycles. The lowest BCUT2D eigenvalue weighted by molar-refractivity contribution is 0.618. The zero-order valence-corrected chi connectivity index (χ0v) is 12.3. The maximum Gasteiger partial charge on any atom is 0.138 e. The molecule has 0 radical (unpaired) electrons. The summed E-state index contributed by atoms with van der Waals surface area (Å²) in [5, 5.41) is 4.86. The molecule has 2 aromatic rings. The Morgan fingerprint density at radius 1 is 1.21 bits per heavy atom. The van der Waals surface area contributed by atoms with Crippen LogP contribution in [-0.4, -0.2) is 16.0 Å². The number of fused-ring (bicyclic) bond motifs is 1. The van der Waals surface area contributed by atoms with Gasteiger partial charge in [-0.25, -0.2) is 9.97 Å². The molecule has 3 nitrogen and oxygen atoms in total. The molecule has 102 valence electrons. The second-order valence-corrected chi connectivity index (χ2v) is 6.46. The molecule has 1 aliphatic rings. The number of anilines is 1. The van der Waals surface area contributed by atoms with E-state index in [4.69, 9.17) is 0 Å². The normalized spacial score (nSPS) is 17.5. The molecule has 2 heterocycles. The van der Waals surface area contributed by atoms with E-state index < -0.39 is 0 Å². The van der Waals surface area contributed by atoms with Crippen LogP contribution < -0.4 is 5.32 Å². The van der Waals surface area contributed by atoms with Gasteiger partial charge in [-0.15, -0.1) is 11.3 Å². The molecular formula is C15H21N3S. The van der Waals surface area contributed by atoms with Gasteiger partial charge in [-0.2, -0.15) is 0 Å². The lowest BCUT2D eigenvalue weighted by atomic mass is 10.1. The van der Waals surface area contributed by atoms with Crippen LogP contribution >= 0.6 is 11.3 Å². The number of nitrogens with one attached hydrogen (secondary N) is 1. The van der Waals surface area contributed by atoms with Gasteiger partial charge < -0.3 is 5.32 Å². The molecule has 0 amide bonds. The number of thiophene rings is 1. The molecule has 1 fully saturated rings. The van der Waals surface area contributed by atoms with Crippen molar-refractivity contribution < 1.29 is 0 Å². The molecule has 0 saturated heterocycles. The van der Waals surface area contributed by atoms with Crippen LogP contribution in [-0.2, 0) is 6.42 Å². The molecule has 2 aromatic heterocycles. The monoisotopic (exact) mass is 275 g/mol. The highest BCUT2D eigenvalue weighted by molar-refractivity contribution is 7.18. The Balaban J connectivity index is 1.84. The van der Waals surface area contributed by atoms with E-state index in [1.165, 1.54) is 48.8 Å². The fourth-order valence-electron chi connectivity index (χ4n) is 2.81. The van der Waals surface area contributed by atoms with E-state index in [-0.39, 0.29) is 0 Å². The summed E-state index contributed by atoms with van der Waals surface area (Å²) < 4.78 is 0. The minimum atomic E-state index is 0.588. The minimum absolute atomic E-state index is 0.588. The fourth-order valence-corrected chi connectivity index (χ4v) is 3.75. The van der Waals surface area contributed by atoms with Crippen LogP contribution in [0.4, 0.5) is 5.82 Å². The Bertz CT molecular complexity index is 541. The van der Waals surface area contributed by atoms with Crippen LogP contribution in [0.2, 0.25) is 0 Å². The van der Waals surface area contributed by atoms with E-state index >= 15 is 0 Å². The van der Waals surface area contributed by atoms with Gasteiger partial charge in [0.25, 0.3) is 0 Å². The Hall–Kier alpha value is -1.16. The summed E-state index contributed by atoms with van der Waals surface area (Å²) in [5.74, 6) is 1.04. The molecule has 19 heavy (non-hydrogen) atoms. The van der Waals surface area contributed by atoms with Crippen molar-refractivity contribution in [3.8, 4) is 0 Å². The smallest absolute Gasteiger partial charge is 0.138 e. The first kappa shape index (κ1) is 12.9. The molecule has 4 heteroatoms. The first-order chi connectivity index (χ1) is 9.36. The molecular weight excluding hydrogens is 254 g/mol. The number of aryl methyl sites for hydroxylation is 1. The molecule has 1 N–H and O–H groups in total. The summed E-state index contributed by atoms with van der Waals surface area (Å²) >= 11 is 1.79. The predicted octanol–water partition coefficient (Wildman–Crippen LogP) is 4.39. The van der Waals surface area contributed by atoms with Crippen molar-refractivity contribution in [1.29, 1.82) is 0 Å². The molecule has 0 spiro atoms. The van der Waals surface area contributed by atoms with Gasteiger partial charge in [0, 0.05) is 10.9 Å². The van der Waals surface area contributed by atoms with Crippen LogP contribution in [0, 0.1) is 0 Å². The Morgan fingerprint density at radius 3 is 2.74 bits per heavy atom. The summed E-state index contributed by atoms with van der Waals surface area (Å²) in [6.07, 6.45) is 10.8. The number of rotatable bonds is 3. The Kier molecular flexibility index (Phi) is 3.97. The highest BCUT2D eigenvalue weighted by Crippen LogP contribution is 2.30. The molecule has 1 aliphatic carbocycles. The summed E-state index contributed by atoms with van der Waals surface area (Å²) in [7, 11) is 0. The van der Waals surface area contributed by atoms with Crippen molar-refractivity contribution >= 4 is 27.4 Å². The standard InChI is InChI=1S/C15H21N3S/c1-2-12-9-13-14(16-10-17-15(13)19-12)18-11-7-5-3-4-6-8-11/h9-11H,2-8H2,1H3,(H,16,17,18). The van der Waals surface area contributed by atoms with Gasteiger partial charge >= 0.3 is 0 Å². The SMILES string of the molecule is CCc1cc2c(NC3CCCCCC3)ncnc2s1. The molecule has 1 saturated carbocycles. The number of hydrogen-bond acceptors (Lipinski definition) is 4. The van der Waals surface area contributed by atoms with Gasteiger partial charge in [0.15, 0.2) is 0 Å². The Labute approximate surface area is 118 Å². The first-order valence-electron chi connectivity index (χ1n) is 7.37. The maximum atomic E-state index is 4.46. The van der Waals surface area contributed by atoms with Crippen molar-refractivity contribution in [3.05, 3.63) is 17.3 Å². The van der Waals surface area contributed by atoms with Gasteiger partial charge in [0.2, 0.25) is 0 Å². The summed E-state index contributed by atoms with van der Waals surface area (Å²) in [4.78, 5) is 11.4. The highest BCUT2D eigenvalue weighted by Gasteiger charge is 2.15. The number of hydrogen-bond donors (Lipinski definition) is 1.